The summed E-state index contributed by atoms with van der Waals surface area (Å²) < 4.78 is 27.4. The van der Waals surface area contributed by atoms with Crippen molar-refractivity contribution in [2.75, 3.05) is 5.32 Å². The molecule has 3 rings (SSSR count). The average Bonchev–Trinajstić information content (AvgIpc) is 2.81. The first-order valence-corrected chi connectivity index (χ1v) is 11.2. The number of rotatable bonds is 10. The van der Waals surface area contributed by atoms with Gasteiger partial charge in [-0.25, -0.2) is 13.9 Å². The minimum atomic E-state index is -3.78. The predicted molar refractivity (Wildman–Crippen MR) is 117 cm³/mol. The van der Waals surface area contributed by atoms with Crippen molar-refractivity contribution in [3.8, 4) is 0 Å². The van der Waals surface area contributed by atoms with Gasteiger partial charge in [0, 0.05) is 24.6 Å². The molecule has 1 aromatic heterocycles. The number of nitrogens with zero attached hydrogens (tertiary/aromatic N) is 1. The van der Waals surface area contributed by atoms with Crippen LogP contribution < -0.4 is 15.5 Å². The molecule has 0 spiro atoms. The zero-order valence-corrected chi connectivity index (χ0v) is 17.8. The van der Waals surface area contributed by atoms with E-state index in [9.17, 15) is 13.2 Å². The maximum absolute atomic E-state index is 12.7. The predicted octanol–water partition coefficient (Wildman–Crippen LogP) is 3.07. The fourth-order valence-corrected chi connectivity index (χ4v) is 3.96. The van der Waals surface area contributed by atoms with Crippen LogP contribution in [0, 0.1) is 0 Å². The number of carbonyl (C=O) groups excluding carboxylic acids is 1. The SMILES string of the molecule is CCC(NS(=O)(=O)c1ccccc1)ONC(=O)c1ccccc1NCc1ccncc1. The van der Waals surface area contributed by atoms with E-state index in [1.807, 2.05) is 18.2 Å². The molecule has 0 saturated heterocycles. The second kappa shape index (κ2) is 10.7. The molecule has 0 bridgehead atoms. The summed E-state index contributed by atoms with van der Waals surface area (Å²) in [7, 11) is -3.78. The molecule has 9 heteroatoms. The molecule has 0 aliphatic heterocycles. The molecule has 0 aliphatic rings. The molecule has 1 amide bonds. The third-order valence-corrected chi connectivity index (χ3v) is 5.87. The molecule has 162 valence electrons. The number of hydrogen-bond donors (Lipinski definition) is 3. The van der Waals surface area contributed by atoms with Gasteiger partial charge in [-0.3, -0.25) is 14.6 Å². The molecule has 0 radical (unpaired) electrons. The highest BCUT2D eigenvalue weighted by atomic mass is 32.2. The molecular formula is C22H24N4O4S. The van der Waals surface area contributed by atoms with Crippen molar-refractivity contribution in [3.63, 3.8) is 0 Å². The summed E-state index contributed by atoms with van der Waals surface area (Å²) in [5.41, 5.74) is 4.36. The topological polar surface area (TPSA) is 109 Å². The number of pyridine rings is 1. The molecule has 2 aromatic carbocycles. The average molecular weight is 441 g/mol. The van der Waals surface area contributed by atoms with Crippen LogP contribution in [0.1, 0.15) is 29.3 Å². The normalized spacial score (nSPS) is 12.2. The van der Waals surface area contributed by atoms with E-state index < -0.39 is 22.2 Å². The molecule has 8 nitrogen and oxygen atoms in total. The van der Waals surface area contributed by atoms with Gasteiger partial charge in [-0.2, -0.15) is 4.72 Å². The van der Waals surface area contributed by atoms with Crippen LogP contribution in [0.4, 0.5) is 5.69 Å². The van der Waals surface area contributed by atoms with Crippen molar-refractivity contribution >= 4 is 21.6 Å². The van der Waals surface area contributed by atoms with Crippen LogP contribution in [0.25, 0.3) is 0 Å². The van der Waals surface area contributed by atoms with Crippen molar-refractivity contribution in [1.29, 1.82) is 0 Å². The Hall–Kier alpha value is -3.27. The number of benzene rings is 2. The van der Waals surface area contributed by atoms with Gasteiger partial charge in [0.2, 0.25) is 10.0 Å². The highest BCUT2D eigenvalue weighted by Gasteiger charge is 2.21. The van der Waals surface area contributed by atoms with Crippen molar-refractivity contribution < 1.29 is 18.0 Å². The van der Waals surface area contributed by atoms with Gasteiger partial charge in [0.05, 0.1) is 10.5 Å². The summed E-state index contributed by atoms with van der Waals surface area (Å²) in [6.45, 7) is 2.26. The quantitative estimate of drug-likeness (QED) is 0.330. The number of para-hydroxylation sites is 1. The van der Waals surface area contributed by atoms with Crippen LogP contribution in [-0.2, 0) is 21.4 Å². The van der Waals surface area contributed by atoms with Crippen molar-refractivity contribution in [2.24, 2.45) is 0 Å². The Bertz CT molecular complexity index is 1090. The van der Waals surface area contributed by atoms with Crippen LogP contribution in [0.3, 0.4) is 0 Å². The monoisotopic (exact) mass is 440 g/mol. The summed E-state index contributed by atoms with van der Waals surface area (Å²) in [6.07, 6.45) is 2.79. The summed E-state index contributed by atoms with van der Waals surface area (Å²) in [6, 6.07) is 18.7. The Morgan fingerprint density at radius 1 is 1.00 bits per heavy atom. The van der Waals surface area contributed by atoms with Crippen LogP contribution in [0.2, 0.25) is 0 Å². The minimum absolute atomic E-state index is 0.119. The molecule has 1 unspecified atom stereocenters. The summed E-state index contributed by atoms with van der Waals surface area (Å²) in [5, 5.41) is 3.22. The Labute approximate surface area is 181 Å². The lowest BCUT2D eigenvalue weighted by molar-refractivity contribution is -0.0224. The number of hydroxylamine groups is 1. The molecule has 3 N–H and O–H groups in total. The number of amides is 1. The van der Waals surface area contributed by atoms with E-state index in [4.69, 9.17) is 4.84 Å². The van der Waals surface area contributed by atoms with Gasteiger partial charge >= 0.3 is 0 Å². The number of carbonyl (C=O) groups is 1. The molecule has 0 aliphatic carbocycles. The zero-order valence-electron chi connectivity index (χ0n) is 17.0. The second-order valence-electron chi connectivity index (χ2n) is 6.63. The number of anilines is 1. The van der Waals surface area contributed by atoms with Crippen LogP contribution >= 0.6 is 0 Å². The number of hydrogen-bond acceptors (Lipinski definition) is 6. The lowest BCUT2D eigenvalue weighted by Crippen LogP contribution is -2.41. The summed E-state index contributed by atoms with van der Waals surface area (Å²) in [5.74, 6) is -0.491. The molecule has 31 heavy (non-hydrogen) atoms. The lowest BCUT2D eigenvalue weighted by Gasteiger charge is -2.18. The van der Waals surface area contributed by atoms with Gasteiger partial charge in [0.1, 0.15) is 6.23 Å². The third kappa shape index (κ3) is 6.35. The molecule has 0 fully saturated rings. The Balaban J connectivity index is 1.62. The van der Waals surface area contributed by atoms with E-state index in [1.165, 1.54) is 12.1 Å². The van der Waals surface area contributed by atoms with E-state index in [0.717, 1.165) is 5.56 Å². The Morgan fingerprint density at radius 2 is 1.68 bits per heavy atom. The van der Waals surface area contributed by atoms with E-state index in [1.54, 1.807) is 55.7 Å². The van der Waals surface area contributed by atoms with Crippen molar-refractivity contribution in [1.82, 2.24) is 15.2 Å². The maximum atomic E-state index is 12.7. The van der Waals surface area contributed by atoms with Crippen LogP contribution in [0.5, 0.6) is 0 Å². The van der Waals surface area contributed by atoms with Gasteiger partial charge in [-0.15, -0.1) is 0 Å². The van der Waals surface area contributed by atoms with E-state index in [0.29, 0.717) is 24.2 Å². The van der Waals surface area contributed by atoms with Gasteiger partial charge in [-0.05, 0) is 48.4 Å². The van der Waals surface area contributed by atoms with Crippen molar-refractivity contribution in [2.45, 2.75) is 31.0 Å². The zero-order chi connectivity index (χ0) is 22.1. The van der Waals surface area contributed by atoms with Crippen LogP contribution in [0.15, 0.2) is 84.0 Å². The first-order valence-electron chi connectivity index (χ1n) is 9.75. The van der Waals surface area contributed by atoms with Gasteiger partial charge in [-0.1, -0.05) is 37.3 Å². The smallest absolute Gasteiger partial charge is 0.276 e. The first kappa shape index (κ1) is 22.4. The maximum Gasteiger partial charge on any atom is 0.276 e. The standard InChI is InChI=1S/C22H24N4O4S/c1-2-21(26-31(28,29)18-8-4-3-5-9-18)30-25-22(27)19-10-6-7-11-20(19)24-16-17-12-14-23-15-13-17/h3-15,21,24,26H,2,16H2,1H3,(H,25,27). The Morgan fingerprint density at radius 3 is 2.39 bits per heavy atom. The number of aromatic nitrogens is 1. The van der Waals surface area contributed by atoms with Gasteiger partial charge < -0.3 is 5.32 Å². The van der Waals surface area contributed by atoms with E-state index in [2.05, 4.69) is 20.5 Å². The fourth-order valence-electron chi connectivity index (χ4n) is 2.74. The summed E-state index contributed by atoms with van der Waals surface area (Å²) >= 11 is 0. The van der Waals surface area contributed by atoms with Crippen molar-refractivity contribution in [3.05, 3.63) is 90.3 Å². The molecule has 1 atom stereocenters. The minimum Gasteiger partial charge on any atom is -0.380 e. The van der Waals surface area contributed by atoms with Gasteiger partial charge in [0.25, 0.3) is 5.91 Å². The third-order valence-electron chi connectivity index (χ3n) is 4.41. The van der Waals surface area contributed by atoms with E-state index in [-0.39, 0.29) is 4.90 Å². The Kier molecular flexibility index (Phi) is 7.71. The molecule has 1 heterocycles. The highest BCUT2D eigenvalue weighted by molar-refractivity contribution is 7.89. The second-order valence-corrected chi connectivity index (χ2v) is 8.35. The lowest BCUT2D eigenvalue weighted by atomic mass is 10.1. The largest absolute Gasteiger partial charge is 0.380 e. The van der Waals surface area contributed by atoms with Gasteiger partial charge in [0.15, 0.2) is 0 Å². The number of nitrogens with one attached hydrogen (secondary N) is 3. The molecular weight excluding hydrogens is 416 g/mol. The fraction of sp³-hybridized carbons (Fsp3) is 0.182. The molecule has 0 saturated carbocycles. The first-order chi connectivity index (χ1) is 15.0. The van der Waals surface area contributed by atoms with Crippen LogP contribution in [-0.4, -0.2) is 25.5 Å². The summed E-state index contributed by atoms with van der Waals surface area (Å²) in [4.78, 5) is 22.1. The number of sulfonamides is 1. The highest BCUT2D eigenvalue weighted by Crippen LogP contribution is 2.16. The van der Waals surface area contributed by atoms with E-state index >= 15 is 0 Å². The molecule has 3 aromatic rings.